The van der Waals surface area contributed by atoms with Gasteiger partial charge in [0.05, 0.1) is 0 Å². The van der Waals surface area contributed by atoms with Crippen LogP contribution in [0.3, 0.4) is 0 Å². The number of nitrogens with one attached hydrogen (secondary N) is 2. The Kier molecular flexibility index (Phi) is 8.58. The van der Waals surface area contributed by atoms with Gasteiger partial charge in [0.1, 0.15) is 5.82 Å². The average molecular weight is 517 g/mol. The predicted octanol–water partition coefficient (Wildman–Crippen LogP) is 6.26. The van der Waals surface area contributed by atoms with E-state index in [2.05, 4.69) is 10.6 Å². The highest BCUT2D eigenvalue weighted by Crippen LogP contribution is 2.27. The zero-order chi connectivity index (χ0) is 27.1. The summed E-state index contributed by atoms with van der Waals surface area (Å²) in [5, 5.41) is 5.66. The van der Waals surface area contributed by atoms with Crippen molar-refractivity contribution in [1.82, 2.24) is 10.6 Å². The van der Waals surface area contributed by atoms with Gasteiger partial charge in [-0.25, -0.2) is 13.2 Å². The lowest BCUT2D eigenvalue weighted by atomic mass is 9.94. The van der Waals surface area contributed by atoms with Gasteiger partial charge in [-0.2, -0.15) is 0 Å². The van der Waals surface area contributed by atoms with Crippen molar-refractivity contribution in [3.63, 3.8) is 0 Å². The fourth-order valence-electron chi connectivity index (χ4n) is 4.15. The molecule has 0 fully saturated rings. The van der Waals surface area contributed by atoms with Crippen molar-refractivity contribution < 1.29 is 22.8 Å². The molecule has 0 saturated heterocycles. The summed E-state index contributed by atoms with van der Waals surface area (Å²) in [6, 6.07) is 23.0. The highest BCUT2D eigenvalue weighted by molar-refractivity contribution is 6.01. The molecule has 4 aromatic rings. The Labute approximate surface area is 219 Å². The van der Waals surface area contributed by atoms with E-state index in [-0.39, 0.29) is 43.6 Å². The number of rotatable bonds is 9. The molecule has 0 heterocycles. The van der Waals surface area contributed by atoms with Crippen LogP contribution >= 0.6 is 0 Å². The van der Waals surface area contributed by atoms with Gasteiger partial charge in [0.25, 0.3) is 5.91 Å². The summed E-state index contributed by atoms with van der Waals surface area (Å²) in [5.41, 5.74) is 4.42. The standard InChI is InChI=1S/C31H27F3N2O2/c1-20-10-13-23(28(33)16-20)19-36-31(38)26-9-5-4-8-25(26)24-7-3-2-6-22(24)18-35-30(37)15-12-21-11-14-27(32)29(34)17-21/h2-11,13-14,16-17H,12,15,18-19H2,1H3,(H,35,37)(H,36,38). The number of aryl methyl sites for hydroxylation is 2. The minimum Gasteiger partial charge on any atom is -0.352 e. The van der Waals surface area contributed by atoms with Crippen molar-refractivity contribution in [2.45, 2.75) is 32.9 Å². The fraction of sp³-hybridized carbons (Fsp3) is 0.161. The first-order chi connectivity index (χ1) is 18.3. The number of halogens is 3. The van der Waals surface area contributed by atoms with Crippen LogP contribution in [0.15, 0.2) is 84.9 Å². The van der Waals surface area contributed by atoms with Gasteiger partial charge in [0.15, 0.2) is 11.6 Å². The topological polar surface area (TPSA) is 58.2 Å². The molecule has 4 aromatic carbocycles. The van der Waals surface area contributed by atoms with Crippen LogP contribution in [0.2, 0.25) is 0 Å². The van der Waals surface area contributed by atoms with Crippen molar-refractivity contribution in [1.29, 1.82) is 0 Å². The van der Waals surface area contributed by atoms with Crippen molar-refractivity contribution >= 4 is 11.8 Å². The molecular weight excluding hydrogens is 489 g/mol. The number of hydrogen-bond acceptors (Lipinski definition) is 2. The Balaban J connectivity index is 1.44. The van der Waals surface area contributed by atoms with Crippen molar-refractivity contribution in [2.24, 2.45) is 0 Å². The van der Waals surface area contributed by atoms with E-state index < -0.39 is 11.6 Å². The van der Waals surface area contributed by atoms with E-state index in [1.54, 1.807) is 31.2 Å². The number of benzene rings is 4. The van der Waals surface area contributed by atoms with Crippen LogP contribution in [0.1, 0.15) is 39.0 Å². The quantitative estimate of drug-likeness (QED) is 0.276. The fourth-order valence-corrected chi connectivity index (χ4v) is 4.15. The van der Waals surface area contributed by atoms with E-state index in [0.717, 1.165) is 28.8 Å². The zero-order valence-corrected chi connectivity index (χ0v) is 20.9. The molecule has 0 aromatic heterocycles. The molecular formula is C31H27F3N2O2. The Morgan fingerprint density at radius 1 is 0.684 bits per heavy atom. The van der Waals surface area contributed by atoms with Crippen LogP contribution < -0.4 is 10.6 Å². The Morgan fingerprint density at radius 2 is 1.39 bits per heavy atom. The summed E-state index contributed by atoms with van der Waals surface area (Å²) >= 11 is 0. The summed E-state index contributed by atoms with van der Waals surface area (Å²) < 4.78 is 40.8. The molecule has 0 saturated carbocycles. The lowest BCUT2D eigenvalue weighted by Crippen LogP contribution is -2.25. The normalized spacial score (nSPS) is 10.7. The maximum absolute atomic E-state index is 14.2. The molecule has 2 N–H and O–H groups in total. The molecule has 0 aliphatic rings. The first kappa shape index (κ1) is 26.7. The SMILES string of the molecule is Cc1ccc(CNC(=O)c2ccccc2-c2ccccc2CNC(=O)CCc2ccc(F)c(F)c2)c(F)c1. The largest absolute Gasteiger partial charge is 0.352 e. The molecule has 0 aliphatic carbocycles. The monoisotopic (exact) mass is 516 g/mol. The molecule has 0 radical (unpaired) electrons. The highest BCUT2D eigenvalue weighted by atomic mass is 19.2. The predicted molar refractivity (Wildman–Crippen MR) is 141 cm³/mol. The minimum atomic E-state index is -0.941. The molecule has 0 aliphatic heterocycles. The lowest BCUT2D eigenvalue weighted by molar-refractivity contribution is -0.121. The van der Waals surface area contributed by atoms with Crippen molar-refractivity contribution in [3.8, 4) is 11.1 Å². The van der Waals surface area contributed by atoms with Gasteiger partial charge in [0.2, 0.25) is 5.91 Å². The molecule has 0 atom stereocenters. The highest BCUT2D eigenvalue weighted by Gasteiger charge is 2.16. The van der Waals surface area contributed by atoms with Crippen LogP contribution in [-0.2, 0) is 24.3 Å². The number of hydrogen-bond donors (Lipinski definition) is 2. The van der Waals surface area contributed by atoms with Gasteiger partial charge >= 0.3 is 0 Å². The summed E-state index contributed by atoms with van der Waals surface area (Å²) in [6.07, 6.45) is 0.386. The van der Waals surface area contributed by atoms with E-state index in [0.29, 0.717) is 22.3 Å². The van der Waals surface area contributed by atoms with Crippen LogP contribution in [0.5, 0.6) is 0 Å². The van der Waals surface area contributed by atoms with Gasteiger partial charge in [-0.3, -0.25) is 9.59 Å². The summed E-state index contributed by atoms with van der Waals surface area (Å²) in [7, 11) is 0. The number of carbonyl (C=O) groups is 2. The van der Waals surface area contributed by atoms with Crippen molar-refractivity contribution in [2.75, 3.05) is 0 Å². The Morgan fingerprint density at radius 3 is 2.16 bits per heavy atom. The van der Waals surface area contributed by atoms with Crippen LogP contribution in [0.25, 0.3) is 11.1 Å². The average Bonchev–Trinajstić information content (AvgIpc) is 2.92. The third-order valence-electron chi connectivity index (χ3n) is 6.23. The van der Waals surface area contributed by atoms with Gasteiger partial charge in [-0.1, -0.05) is 60.7 Å². The molecule has 2 amide bonds. The second kappa shape index (κ2) is 12.2. The number of carbonyl (C=O) groups excluding carboxylic acids is 2. The summed E-state index contributed by atoms with van der Waals surface area (Å²) in [4.78, 5) is 25.5. The van der Waals surface area contributed by atoms with Crippen LogP contribution in [-0.4, -0.2) is 11.8 Å². The molecule has 4 rings (SSSR count). The van der Waals surface area contributed by atoms with Gasteiger partial charge in [-0.05, 0) is 65.4 Å². The Bertz CT molecular complexity index is 1470. The third kappa shape index (κ3) is 6.68. The molecule has 194 valence electrons. The third-order valence-corrected chi connectivity index (χ3v) is 6.23. The van der Waals surface area contributed by atoms with Crippen molar-refractivity contribution in [3.05, 3.63) is 130 Å². The maximum Gasteiger partial charge on any atom is 0.252 e. The summed E-state index contributed by atoms with van der Waals surface area (Å²) in [5.74, 6) is -2.82. The van der Waals surface area contributed by atoms with E-state index in [4.69, 9.17) is 0 Å². The van der Waals surface area contributed by atoms with Gasteiger partial charge in [-0.15, -0.1) is 0 Å². The van der Waals surface area contributed by atoms with Gasteiger partial charge in [0, 0.05) is 30.6 Å². The first-order valence-corrected chi connectivity index (χ1v) is 12.2. The van der Waals surface area contributed by atoms with Crippen LogP contribution in [0.4, 0.5) is 13.2 Å². The minimum absolute atomic E-state index is 0.0505. The van der Waals surface area contributed by atoms with Gasteiger partial charge < -0.3 is 10.6 Å². The van der Waals surface area contributed by atoms with Crippen LogP contribution in [0, 0.1) is 24.4 Å². The zero-order valence-electron chi connectivity index (χ0n) is 20.9. The molecule has 0 bridgehead atoms. The van der Waals surface area contributed by atoms with E-state index in [1.165, 1.54) is 12.1 Å². The lowest BCUT2D eigenvalue weighted by Gasteiger charge is -2.15. The molecule has 38 heavy (non-hydrogen) atoms. The first-order valence-electron chi connectivity index (χ1n) is 12.2. The van der Waals surface area contributed by atoms with E-state index in [9.17, 15) is 22.8 Å². The summed E-state index contributed by atoms with van der Waals surface area (Å²) in [6.45, 7) is 2.07. The second-order valence-electron chi connectivity index (χ2n) is 9.01. The Hall–Kier alpha value is -4.39. The number of amides is 2. The molecule has 4 nitrogen and oxygen atoms in total. The van der Waals surface area contributed by atoms with E-state index in [1.807, 2.05) is 36.4 Å². The van der Waals surface area contributed by atoms with E-state index >= 15 is 0 Å². The smallest absolute Gasteiger partial charge is 0.252 e. The molecule has 7 heteroatoms. The second-order valence-corrected chi connectivity index (χ2v) is 9.01. The molecule has 0 spiro atoms. The maximum atomic E-state index is 14.2. The molecule has 0 unspecified atom stereocenters.